The number of benzene rings is 4. The number of methoxy groups -OCH3 is 1. The van der Waals surface area contributed by atoms with Gasteiger partial charge in [0.05, 0.1) is 17.7 Å². The van der Waals surface area contributed by atoms with Gasteiger partial charge in [-0.05, 0) is 73.4 Å². The van der Waals surface area contributed by atoms with Crippen molar-refractivity contribution >= 4 is 50.7 Å². The number of carbonyl (C=O) groups is 2. The monoisotopic (exact) mass is 721 g/mol. The Labute approximate surface area is 299 Å². The van der Waals surface area contributed by atoms with Gasteiger partial charge in [-0.15, -0.1) is 0 Å². The smallest absolute Gasteiger partial charge is 0.264 e. The molecule has 49 heavy (non-hydrogen) atoms. The highest BCUT2D eigenvalue weighted by atomic mass is 35.5. The zero-order chi connectivity index (χ0) is 35.0. The predicted molar refractivity (Wildman–Crippen MR) is 195 cm³/mol. The molecule has 5 rings (SSSR count). The minimum Gasteiger partial charge on any atom is -0.495 e. The molecule has 0 unspecified atom stereocenters. The van der Waals surface area contributed by atoms with Crippen LogP contribution in [-0.4, -0.2) is 50.9 Å². The number of carbonyl (C=O) groups excluding carboxylic acids is 2. The number of halogens is 2. The van der Waals surface area contributed by atoms with E-state index in [0.717, 1.165) is 47.5 Å². The molecule has 0 radical (unpaired) electrons. The minimum absolute atomic E-state index is 0.00298. The standard InChI is InChI=1S/C38H41Cl2N3O5S/c1-27-16-19-33(20-17-27)49(46,47)43(34-24-31(40)18-21-36(34)48-2)26-37(44)42(25-29-12-9-13-30(39)22-29)35(23-28-10-5-3-6-11-28)38(45)41-32-14-7-4-8-15-32/h3,5-6,9-13,16-22,24,32,35H,4,7-8,14-15,23,25-26H2,1-2H3,(H,41,45)/t35-/m0/s1. The molecule has 4 aromatic rings. The Morgan fingerprint density at radius 2 is 1.53 bits per heavy atom. The Morgan fingerprint density at radius 1 is 0.857 bits per heavy atom. The summed E-state index contributed by atoms with van der Waals surface area (Å²) in [5.74, 6) is -0.665. The molecule has 4 aromatic carbocycles. The van der Waals surface area contributed by atoms with E-state index in [1.165, 1.54) is 30.2 Å². The molecule has 0 saturated heterocycles. The summed E-state index contributed by atoms with van der Waals surface area (Å²) >= 11 is 12.8. The second kappa shape index (κ2) is 16.6. The topological polar surface area (TPSA) is 96.0 Å². The van der Waals surface area contributed by atoms with Gasteiger partial charge in [-0.1, -0.05) is 103 Å². The summed E-state index contributed by atoms with van der Waals surface area (Å²) in [6, 6.07) is 26.6. The van der Waals surface area contributed by atoms with Crippen LogP contribution in [0.4, 0.5) is 5.69 Å². The van der Waals surface area contributed by atoms with E-state index in [1.807, 2.05) is 43.3 Å². The summed E-state index contributed by atoms with van der Waals surface area (Å²) in [6.45, 7) is 1.24. The number of amides is 2. The molecule has 0 bridgehead atoms. The third-order valence-corrected chi connectivity index (χ3v) is 11.0. The zero-order valence-corrected chi connectivity index (χ0v) is 30.0. The number of ether oxygens (including phenoxy) is 1. The van der Waals surface area contributed by atoms with Crippen molar-refractivity contribution in [1.82, 2.24) is 10.2 Å². The van der Waals surface area contributed by atoms with Crippen LogP contribution in [0.1, 0.15) is 48.8 Å². The number of nitrogens with zero attached hydrogens (tertiary/aromatic N) is 2. The Hall–Kier alpha value is -4.05. The normalized spacial score (nSPS) is 14.1. The van der Waals surface area contributed by atoms with Crippen molar-refractivity contribution < 1.29 is 22.7 Å². The van der Waals surface area contributed by atoms with Crippen LogP contribution < -0.4 is 14.4 Å². The van der Waals surface area contributed by atoms with Crippen LogP contribution in [0.15, 0.2) is 102 Å². The third kappa shape index (κ3) is 9.35. The molecule has 1 atom stereocenters. The molecule has 1 saturated carbocycles. The summed E-state index contributed by atoms with van der Waals surface area (Å²) in [7, 11) is -2.91. The molecule has 1 aliphatic rings. The number of aryl methyl sites for hydroxylation is 1. The van der Waals surface area contributed by atoms with Crippen LogP contribution in [0, 0.1) is 6.92 Å². The van der Waals surface area contributed by atoms with E-state index in [4.69, 9.17) is 27.9 Å². The number of anilines is 1. The lowest BCUT2D eigenvalue weighted by molar-refractivity contribution is -0.140. The van der Waals surface area contributed by atoms with Crippen molar-refractivity contribution in [2.24, 2.45) is 0 Å². The molecule has 0 aromatic heterocycles. The first-order valence-corrected chi connectivity index (χ1v) is 18.6. The highest BCUT2D eigenvalue weighted by Gasteiger charge is 2.36. The lowest BCUT2D eigenvalue weighted by atomic mass is 9.94. The number of rotatable bonds is 13. The highest BCUT2D eigenvalue weighted by Crippen LogP contribution is 2.35. The van der Waals surface area contributed by atoms with Crippen LogP contribution in [0.5, 0.6) is 5.75 Å². The van der Waals surface area contributed by atoms with E-state index in [1.54, 1.807) is 42.5 Å². The van der Waals surface area contributed by atoms with Gasteiger partial charge in [0.1, 0.15) is 18.3 Å². The van der Waals surface area contributed by atoms with Gasteiger partial charge in [0.15, 0.2) is 0 Å². The molecular formula is C38H41Cl2N3O5S. The van der Waals surface area contributed by atoms with E-state index in [2.05, 4.69) is 5.32 Å². The van der Waals surface area contributed by atoms with Crippen molar-refractivity contribution in [3.63, 3.8) is 0 Å². The van der Waals surface area contributed by atoms with Gasteiger partial charge in [0.25, 0.3) is 10.0 Å². The minimum atomic E-state index is -4.33. The van der Waals surface area contributed by atoms with Gasteiger partial charge in [-0.25, -0.2) is 8.42 Å². The number of nitrogens with one attached hydrogen (secondary N) is 1. The molecule has 1 fully saturated rings. The van der Waals surface area contributed by atoms with Gasteiger partial charge in [0.2, 0.25) is 11.8 Å². The van der Waals surface area contributed by atoms with E-state index in [9.17, 15) is 18.0 Å². The molecule has 1 aliphatic carbocycles. The molecule has 8 nitrogen and oxygen atoms in total. The lowest BCUT2D eigenvalue weighted by Gasteiger charge is -2.35. The van der Waals surface area contributed by atoms with Crippen LogP contribution in [-0.2, 0) is 32.6 Å². The van der Waals surface area contributed by atoms with Crippen molar-refractivity contribution in [2.45, 2.75) is 69.0 Å². The Kier molecular flexibility index (Phi) is 12.3. The Bertz CT molecular complexity index is 1850. The van der Waals surface area contributed by atoms with Gasteiger partial charge < -0.3 is 15.0 Å². The molecule has 0 aliphatic heterocycles. The third-order valence-electron chi connectivity index (χ3n) is 8.76. The van der Waals surface area contributed by atoms with Crippen LogP contribution in [0.2, 0.25) is 10.0 Å². The molecule has 2 amide bonds. The van der Waals surface area contributed by atoms with Crippen LogP contribution in [0.3, 0.4) is 0 Å². The van der Waals surface area contributed by atoms with E-state index in [-0.39, 0.29) is 46.3 Å². The van der Waals surface area contributed by atoms with Crippen molar-refractivity contribution in [3.05, 3.63) is 124 Å². The number of sulfonamides is 1. The van der Waals surface area contributed by atoms with Crippen LogP contribution in [0.25, 0.3) is 0 Å². The fraction of sp³-hybridized carbons (Fsp3) is 0.316. The van der Waals surface area contributed by atoms with Gasteiger partial charge >= 0.3 is 0 Å². The summed E-state index contributed by atoms with van der Waals surface area (Å²) in [6.07, 6.45) is 5.11. The largest absolute Gasteiger partial charge is 0.495 e. The average Bonchev–Trinajstić information content (AvgIpc) is 3.09. The first-order valence-electron chi connectivity index (χ1n) is 16.4. The van der Waals surface area contributed by atoms with Crippen molar-refractivity contribution in [1.29, 1.82) is 0 Å². The Balaban J connectivity index is 1.60. The summed E-state index contributed by atoms with van der Waals surface area (Å²) in [5.41, 5.74) is 2.52. The van der Waals surface area contributed by atoms with E-state index in [0.29, 0.717) is 10.6 Å². The van der Waals surface area contributed by atoms with E-state index < -0.39 is 28.5 Å². The van der Waals surface area contributed by atoms with E-state index >= 15 is 0 Å². The van der Waals surface area contributed by atoms with Gasteiger partial charge in [-0.3, -0.25) is 13.9 Å². The maximum absolute atomic E-state index is 14.8. The van der Waals surface area contributed by atoms with Gasteiger partial charge in [-0.2, -0.15) is 0 Å². The zero-order valence-electron chi connectivity index (χ0n) is 27.6. The second-order valence-corrected chi connectivity index (χ2v) is 15.1. The van der Waals surface area contributed by atoms with Gasteiger partial charge in [0, 0.05) is 29.1 Å². The maximum Gasteiger partial charge on any atom is 0.264 e. The average molecular weight is 723 g/mol. The maximum atomic E-state index is 14.8. The first-order chi connectivity index (χ1) is 23.5. The number of hydrogen-bond acceptors (Lipinski definition) is 5. The number of hydrogen-bond donors (Lipinski definition) is 1. The lowest BCUT2D eigenvalue weighted by Crippen LogP contribution is -2.55. The SMILES string of the molecule is COc1ccc(Cl)cc1N(CC(=O)N(Cc1cccc(Cl)c1)[C@@H](Cc1ccccc1)C(=O)NC1CCCCC1)S(=O)(=O)c1ccc(C)cc1. The van der Waals surface area contributed by atoms with Crippen LogP contribution >= 0.6 is 23.2 Å². The molecular weight excluding hydrogens is 681 g/mol. The fourth-order valence-corrected chi connectivity index (χ4v) is 7.93. The first kappa shape index (κ1) is 36.2. The van der Waals surface area contributed by atoms with Crippen molar-refractivity contribution in [3.8, 4) is 5.75 Å². The highest BCUT2D eigenvalue weighted by molar-refractivity contribution is 7.92. The molecule has 1 N–H and O–H groups in total. The molecule has 0 spiro atoms. The quantitative estimate of drug-likeness (QED) is 0.154. The van der Waals surface area contributed by atoms with Crippen molar-refractivity contribution in [2.75, 3.05) is 18.0 Å². The summed E-state index contributed by atoms with van der Waals surface area (Å²) < 4.78 is 35.4. The summed E-state index contributed by atoms with van der Waals surface area (Å²) in [5, 5.41) is 3.95. The second-order valence-electron chi connectivity index (χ2n) is 12.3. The molecule has 258 valence electrons. The summed E-state index contributed by atoms with van der Waals surface area (Å²) in [4.78, 5) is 30.5. The Morgan fingerprint density at radius 3 is 2.20 bits per heavy atom. The molecule has 11 heteroatoms. The molecule has 0 heterocycles. The fourth-order valence-electron chi connectivity index (χ4n) is 6.14. The predicted octanol–water partition coefficient (Wildman–Crippen LogP) is 7.59.